The molecule has 0 fully saturated rings. The normalized spacial score (nSPS) is 11.5. The topological polar surface area (TPSA) is 96.6 Å². The van der Waals surface area contributed by atoms with Crippen LogP contribution in [0.25, 0.3) is 0 Å². The molecule has 170 valence electrons. The second kappa shape index (κ2) is 11.6. The molecule has 32 heavy (non-hydrogen) atoms. The van der Waals surface area contributed by atoms with E-state index in [0.29, 0.717) is 16.9 Å². The quantitative estimate of drug-likeness (QED) is 0.392. The average molecular weight is 481 g/mol. The van der Waals surface area contributed by atoms with E-state index >= 15 is 0 Å². The first-order valence-electron chi connectivity index (χ1n) is 9.59. The van der Waals surface area contributed by atoms with Crippen molar-refractivity contribution in [1.29, 1.82) is 0 Å². The largest absolute Gasteiger partial charge is 0.370 e. The molecule has 0 spiro atoms. The molecule has 7 nitrogen and oxygen atoms in total. The van der Waals surface area contributed by atoms with Crippen molar-refractivity contribution in [2.75, 3.05) is 18.5 Å². The van der Waals surface area contributed by atoms with Gasteiger partial charge >= 0.3 is 0 Å². The standard InChI is InChI=1S/C22H23Cl2FN4O3/c1-14(3-8-20(26)31)19(13-30)29(11-15-4-6-16(23)7-5-15)21(32)12-28(2)22-18(25)9-17(24)10-27-22/h4-7,9-10,13,19H,1,3,8,11-12H2,2H3,(H2,26,31). The molecule has 0 aliphatic heterocycles. The summed E-state index contributed by atoms with van der Waals surface area (Å²) in [5.41, 5.74) is 6.27. The van der Waals surface area contributed by atoms with Crippen molar-refractivity contribution in [2.24, 2.45) is 5.73 Å². The van der Waals surface area contributed by atoms with Crippen LogP contribution in [0.15, 0.2) is 48.7 Å². The highest BCUT2D eigenvalue weighted by Crippen LogP contribution is 2.21. The van der Waals surface area contributed by atoms with Gasteiger partial charge in [0.25, 0.3) is 0 Å². The Labute approximate surface area is 195 Å². The van der Waals surface area contributed by atoms with E-state index in [9.17, 15) is 18.8 Å². The molecule has 2 amide bonds. The lowest BCUT2D eigenvalue weighted by molar-refractivity contribution is -0.134. The molecule has 0 saturated carbocycles. The Balaban J connectivity index is 2.29. The van der Waals surface area contributed by atoms with E-state index in [0.717, 1.165) is 11.6 Å². The van der Waals surface area contributed by atoms with Crippen LogP contribution in [0.3, 0.4) is 0 Å². The minimum absolute atomic E-state index is 0.00798. The van der Waals surface area contributed by atoms with Crippen LogP contribution in [0.1, 0.15) is 18.4 Å². The first-order valence-corrected chi connectivity index (χ1v) is 10.3. The fourth-order valence-electron chi connectivity index (χ4n) is 3.01. The molecule has 0 saturated heterocycles. The van der Waals surface area contributed by atoms with Gasteiger partial charge in [-0.05, 0) is 35.8 Å². The third-order valence-electron chi connectivity index (χ3n) is 4.68. The number of carbonyl (C=O) groups is 3. The Kier molecular flexibility index (Phi) is 9.16. The highest BCUT2D eigenvalue weighted by Gasteiger charge is 2.27. The van der Waals surface area contributed by atoms with Gasteiger partial charge in [0.2, 0.25) is 11.8 Å². The van der Waals surface area contributed by atoms with Crippen molar-refractivity contribution in [1.82, 2.24) is 9.88 Å². The monoisotopic (exact) mass is 480 g/mol. The van der Waals surface area contributed by atoms with Crippen LogP contribution in [-0.4, -0.2) is 47.6 Å². The first-order chi connectivity index (χ1) is 15.1. The number of hydrogen-bond donors (Lipinski definition) is 1. The van der Waals surface area contributed by atoms with Crippen molar-refractivity contribution < 1.29 is 18.8 Å². The summed E-state index contributed by atoms with van der Waals surface area (Å²) in [5, 5.41) is 0.649. The number of benzene rings is 1. The van der Waals surface area contributed by atoms with Gasteiger partial charge < -0.3 is 20.3 Å². The molecule has 2 aromatic rings. The molecule has 0 aliphatic rings. The minimum Gasteiger partial charge on any atom is -0.370 e. The van der Waals surface area contributed by atoms with E-state index in [4.69, 9.17) is 28.9 Å². The molecule has 1 aromatic carbocycles. The van der Waals surface area contributed by atoms with Crippen LogP contribution in [-0.2, 0) is 20.9 Å². The van der Waals surface area contributed by atoms with E-state index in [-0.39, 0.29) is 36.8 Å². The number of halogens is 3. The van der Waals surface area contributed by atoms with Crippen LogP contribution in [0.5, 0.6) is 0 Å². The second-order valence-electron chi connectivity index (χ2n) is 7.17. The smallest absolute Gasteiger partial charge is 0.243 e. The molecule has 2 N–H and O–H groups in total. The van der Waals surface area contributed by atoms with Crippen LogP contribution in [0.2, 0.25) is 10.0 Å². The van der Waals surface area contributed by atoms with Gasteiger partial charge in [-0.25, -0.2) is 9.37 Å². The number of amides is 2. The lowest BCUT2D eigenvalue weighted by Gasteiger charge is -2.31. The maximum atomic E-state index is 14.2. The van der Waals surface area contributed by atoms with Crippen LogP contribution >= 0.6 is 23.2 Å². The Morgan fingerprint density at radius 1 is 1.22 bits per heavy atom. The molecule has 1 aromatic heterocycles. The van der Waals surface area contributed by atoms with Crippen molar-refractivity contribution in [2.45, 2.75) is 25.4 Å². The van der Waals surface area contributed by atoms with E-state index < -0.39 is 23.7 Å². The van der Waals surface area contributed by atoms with Gasteiger partial charge in [0.05, 0.1) is 11.6 Å². The summed E-state index contributed by atoms with van der Waals surface area (Å²) in [4.78, 5) is 42.8. The third-order valence-corrected chi connectivity index (χ3v) is 5.14. The van der Waals surface area contributed by atoms with Gasteiger partial charge in [-0.3, -0.25) is 9.59 Å². The lowest BCUT2D eigenvalue weighted by atomic mass is 10.0. The number of pyridine rings is 1. The van der Waals surface area contributed by atoms with Crippen molar-refractivity contribution in [3.63, 3.8) is 0 Å². The summed E-state index contributed by atoms with van der Waals surface area (Å²) >= 11 is 11.7. The first kappa shape index (κ1) is 25.3. The highest BCUT2D eigenvalue weighted by molar-refractivity contribution is 6.30. The van der Waals surface area contributed by atoms with Gasteiger partial charge in [-0.15, -0.1) is 0 Å². The number of likely N-dealkylation sites (N-methyl/N-ethyl adjacent to an activating group) is 1. The highest BCUT2D eigenvalue weighted by atomic mass is 35.5. The van der Waals surface area contributed by atoms with E-state index in [2.05, 4.69) is 11.6 Å². The maximum Gasteiger partial charge on any atom is 0.243 e. The number of rotatable bonds is 11. The average Bonchev–Trinajstić information content (AvgIpc) is 2.73. The van der Waals surface area contributed by atoms with Gasteiger partial charge in [0.15, 0.2) is 11.6 Å². The fraction of sp³-hybridized carbons (Fsp3) is 0.273. The van der Waals surface area contributed by atoms with Crippen LogP contribution < -0.4 is 10.6 Å². The van der Waals surface area contributed by atoms with Gasteiger partial charge in [-0.2, -0.15) is 0 Å². The number of aldehydes is 1. The third kappa shape index (κ3) is 7.03. The number of nitrogens with zero attached hydrogens (tertiary/aromatic N) is 3. The summed E-state index contributed by atoms with van der Waals surface area (Å²) in [6, 6.07) is 6.86. The SMILES string of the molecule is C=C(CCC(N)=O)C(C=O)N(Cc1ccc(Cl)cc1)C(=O)CN(C)c1ncc(Cl)cc1F. The number of anilines is 1. The van der Waals surface area contributed by atoms with Crippen molar-refractivity contribution >= 4 is 47.1 Å². The van der Waals surface area contributed by atoms with Crippen molar-refractivity contribution in [3.8, 4) is 0 Å². The Morgan fingerprint density at radius 3 is 2.44 bits per heavy atom. The van der Waals surface area contributed by atoms with Crippen LogP contribution in [0, 0.1) is 5.82 Å². The molecule has 0 bridgehead atoms. The Morgan fingerprint density at radius 2 is 1.88 bits per heavy atom. The number of aromatic nitrogens is 1. The van der Waals surface area contributed by atoms with E-state index in [1.807, 2.05) is 0 Å². The maximum absolute atomic E-state index is 14.2. The van der Waals surface area contributed by atoms with E-state index in [1.54, 1.807) is 24.3 Å². The summed E-state index contributed by atoms with van der Waals surface area (Å²) in [7, 11) is 1.50. The zero-order valence-electron chi connectivity index (χ0n) is 17.4. The number of hydrogen-bond acceptors (Lipinski definition) is 5. The van der Waals surface area contributed by atoms with Gasteiger partial charge in [0.1, 0.15) is 12.3 Å². The summed E-state index contributed by atoms with van der Waals surface area (Å²) in [6.07, 6.45) is 1.99. The second-order valence-corrected chi connectivity index (χ2v) is 8.04. The minimum atomic E-state index is -1.01. The summed E-state index contributed by atoms with van der Waals surface area (Å²) in [6.45, 7) is 3.66. The molecule has 0 radical (unpaired) electrons. The number of nitrogens with two attached hydrogens (primary N) is 1. The lowest BCUT2D eigenvalue weighted by Crippen LogP contribution is -2.46. The predicted octanol–water partition coefficient (Wildman–Crippen LogP) is 3.38. The number of carbonyl (C=O) groups excluding carboxylic acids is 3. The molecule has 1 atom stereocenters. The molecule has 10 heteroatoms. The Bertz CT molecular complexity index is 1000. The Hall–Kier alpha value is -2.97. The fourth-order valence-corrected chi connectivity index (χ4v) is 3.28. The van der Waals surface area contributed by atoms with E-state index in [1.165, 1.54) is 23.0 Å². The molecule has 0 aliphatic carbocycles. The molecular formula is C22H23Cl2FN4O3. The predicted molar refractivity (Wildman–Crippen MR) is 122 cm³/mol. The molecule has 1 heterocycles. The summed E-state index contributed by atoms with van der Waals surface area (Å²) < 4.78 is 14.2. The zero-order valence-corrected chi connectivity index (χ0v) is 18.9. The molecular weight excluding hydrogens is 458 g/mol. The summed E-state index contributed by atoms with van der Waals surface area (Å²) in [5.74, 6) is -1.77. The number of primary amides is 1. The van der Waals surface area contributed by atoms with Crippen LogP contribution in [0.4, 0.5) is 10.2 Å². The van der Waals surface area contributed by atoms with Crippen molar-refractivity contribution in [3.05, 3.63) is 70.1 Å². The molecule has 1 unspecified atom stereocenters. The molecule has 2 rings (SSSR count). The van der Waals surface area contributed by atoms with Gasteiger partial charge in [0, 0.05) is 31.2 Å². The zero-order chi connectivity index (χ0) is 23.8. The van der Waals surface area contributed by atoms with Gasteiger partial charge in [-0.1, -0.05) is 41.9 Å².